The number of fused-ring (bicyclic) bond motifs is 1. The smallest absolute Gasteiger partial charge is 0.396 e. The minimum atomic E-state index is -4.51. The van der Waals surface area contributed by atoms with Crippen LogP contribution in [-0.4, -0.2) is 45.1 Å². The third kappa shape index (κ3) is 5.01. The van der Waals surface area contributed by atoms with Crippen LogP contribution in [0.5, 0.6) is 0 Å². The first kappa shape index (κ1) is 23.2. The zero-order valence-corrected chi connectivity index (χ0v) is 18.5. The van der Waals surface area contributed by atoms with Gasteiger partial charge < -0.3 is 26.7 Å². The van der Waals surface area contributed by atoms with Gasteiger partial charge in [-0.05, 0) is 31.7 Å². The lowest BCUT2D eigenvalue weighted by Crippen LogP contribution is -2.18. The van der Waals surface area contributed by atoms with E-state index in [1.54, 1.807) is 6.20 Å². The molecular formula is C22H24F3N9. The van der Waals surface area contributed by atoms with Gasteiger partial charge in [0.15, 0.2) is 0 Å². The topological polar surface area (TPSA) is 129 Å². The number of hydrogen-bond acceptors (Lipinski definition) is 8. The van der Waals surface area contributed by atoms with Crippen molar-refractivity contribution in [3.8, 4) is 11.3 Å². The van der Waals surface area contributed by atoms with E-state index >= 15 is 0 Å². The Labute approximate surface area is 193 Å². The number of nitrogens with two attached hydrogens (primary N) is 1. The largest absolute Gasteiger partial charge is 0.417 e. The molecule has 0 aliphatic rings. The van der Waals surface area contributed by atoms with E-state index in [1.165, 1.54) is 12.4 Å². The van der Waals surface area contributed by atoms with Crippen LogP contribution in [0.15, 0.2) is 43.0 Å². The standard InChI is InChI=1S/C22H24F3N9/c1-12(13-3-4-18(29-8-13)28-6-5-27-2)33-21-32-11-17(26)19(34-21)16-10-31-20-15(16)7-14(9-30-20)22(23,24)25/h3-4,7-12,27H,5-6,26H2,1-2H3,(H,28,29)(H,30,31)(H,32,33,34). The Morgan fingerprint density at radius 2 is 1.91 bits per heavy atom. The van der Waals surface area contributed by atoms with E-state index in [0.29, 0.717) is 16.9 Å². The van der Waals surface area contributed by atoms with Crippen molar-refractivity contribution in [2.75, 3.05) is 36.5 Å². The molecule has 0 saturated carbocycles. The molecule has 4 aromatic rings. The van der Waals surface area contributed by atoms with Crippen molar-refractivity contribution in [3.05, 3.63) is 54.1 Å². The van der Waals surface area contributed by atoms with Gasteiger partial charge in [-0.15, -0.1) is 0 Å². The molecule has 1 atom stereocenters. The highest BCUT2D eigenvalue weighted by Gasteiger charge is 2.31. The number of aromatic amines is 1. The second-order valence-corrected chi connectivity index (χ2v) is 7.69. The summed E-state index contributed by atoms with van der Waals surface area (Å²) >= 11 is 0. The van der Waals surface area contributed by atoms with Gasteiger partial charge in [-0.2, -0.15) is 13.2 Å². The normalized spacial score (nSPS) is 12.6. The minimum Gasteiger partial charge on any atom is -0.396 e. The fourth-order valence-corrected chi connectivity index (χ4v) is 3.39. The molecule has 0 saturated heterocycles. The molecule has 178 valence electrons. The summed E-state index contributed by atoms with van der Waals surface area (Å²) in [6.07, 6.45) is 0.983. The van der Waals surface area contributed by atoms with Crippen molar-refractivity contribution in [1.29, 1.82) is 0 Å². The molecule has 0 spiro atoms. The van der Waals surface area contributed by atoms with Gasteiger partial charge in [0.1, 0.15) is 17.2 Å². The van der Waals surface area contributed by atoms with Crippen LogP contribution in [0.3, 0.4) is 0 Å². The Morgan fingerprint density at radius 3 is 2.62 bits per heavy atom. The zero-order valence-electron chi connectivity index (χ0n) is 18.5. The number of anilines is 3. The highest BCUT2D eigenvalue weighted by atomic mass is 19.4. The zero-order chi connectivity index (χ0) is 24.3. The van der Waals surface area contributed by atoms with Crippen LogP contribution in [-0.2, 0) is 6.18 Å². The summed E-state index contributed by atoms with van der Waals surface area (Å²) in [5.41, 5.74) is 7.38. The molecule has 1 unspecified atom stereocenters. The number of nitrogens with zero attached hydrogens (tertiary/aromatic N) is 4. The van der Waals surface area contributed by atoms with Crippen LogP contribution in [0.1, 0.15) is 24.1 Å². The Balaban J connectivity index is 1.57. The van der Waals surface area contributed by atoms with E-state index < -0.39 is 11.7 Å². The van der Waals surface area contributed by atoms with Gasteiger partial charge in [0, 0.05) is 42.6 Å². The third-order valence-corrected chi connectivity index (χ3v) is 5.24. The Morgan fingerprint density at radius 1 is 1.09 bits per heavy atom. The monoisotopic (exact) mass is 471 g/mol. The summed E-state index contributed by atoms with van der Waals surface area (Å²) in [6.45, 7) is 3.50. The maximum absolute atomic E-state index is 13.2. The molecule has 0 aromatic carbocycles. The second-order valence-electron chi connectivity index (χ2n) is 7.69. The second kappa shape index (κ2) is 9.51. The predicted molar refractivity (Wildman–Crippen MR) is 125 cm³/mol. The molecule has 0 aliphatic carbocycles. The number of aromatic nitrogens is 5. The minimum absolute atomic E-state index is 0.184. The highest BCUT2D eigenvalue weighted by molar-refractivity contribution is 5.95. The number of halogens is 3. The maximum atomic E-state index is 13.2. The number of rotatable bonds is 8. The van der Waals surface area contributed by atoms with Gasteiger partial charge in [-0.25, -0.2) is 19.9 Å². The average molecular weight is 471 g/mol. The maximum Gasteiger partial charge on any atom is 0.417 e. The van der Waals surface area contributed by atoms with Crippen LogP contribution < -0.4 is 21.7 Å². The van der Waals surface area contributed by atoms with Gasteiger partial charge in [0.25, 0.3) is 0 Å². The molecular weight excluding hydrogens is 447 g/mol. The third-order valence-electron chi connectivity index (χ3n) is 5.24. The van der Waals surface area contributed by atoms with Crippen LogP contribution in [0.2, 0.25) is 0 Å². The summed E-state index contributed by atoms with van der Waals surface area (Å²) in [6, 6.07) is 4.67. The summed E-state index contributed by atoms with van der Waals surface area (Å²) in [4.78, 5) is 19.8. The fraction of sp³-hybridized carbons (Fsp3) is 0.273. The lowest BCUT2D eigenvalue weighted by molar-refractivity contribution is -0.137. The molecule has 9 nitrogen and oxygen atoms in total. The van der Waals surface area contributed by atoms with Gasteiger partial charge in [-0.1, -0.05) is 6.07 Å². The van der Waals surface area contributed by atoms with Crippen LogP contribution >= 0.6 is 0 Å². The molecule has 4 aromatic heterocycles. The number of hydrogen-bond donors (Lipinski definition) is 5. The lowest BCUT2D eigenvalue weighted by Gasteiger charge is -2.15. The van der Waals surface area contributed by atoms with Crippen molar-refractivity contribution >= 4 is 28.5 Å². The van der Waals surface area contributed by atoms with Crippen molar-refractivity contribution in [3.63, 3.8) is 0 Å². The number of pyridine rings is 2. The number of nitrogens with one attached hydrogen (secondary N) is 4. The summed E-state index contributed by atoms with van der Waals surface area (Å²) in [5, 5.41) is 9.72. The molecule has 4 heterocycles. The van der Waals surface area contributed by atoms with Crippen molar-refractivity contribution in [2.24, 2.45) is 0 Å². The Bertz CT molecular complexity index is 1270. The summed E-state index contributed by atoms with van der Waals surface area (Å²) in [7, 11) is 1.88. The van der Waals surface area contributed by atoms with E-state index in [1.807, 2.05) is 26.1 Å². The van der Waals surface area contributed by atoms with E-state index in [2.05, 4.69) is 40.9 Å². The molecule has 12 heteroatoms. The number of alkyl halides is 3. The highest BCUT2D eigenvalue weighted by Crippen LogP contribution is 2.35. The number of likely N-dealkylation sites (N-methyl/N-ethyl adjacent to an activating group) is 1. The first-order valence-corrected chi connectivity index (χ1v) is 10.5. The molecule has 4 rings (SSSR count). The van der Waals surface area contributed by atoms with E-state index in [0.717, 1.165) is 36.7 Å². The lowest BCUT2D eigenvalue weighted by atomic mass is 10.1. The van der Waals surface area contributed by atoms with Gasteiger partial charge in [-0.3, -0.25) is 0 Å². The molecule has 0 bridgehead atoms. The summed E-state index contributed by atoms with van der Waals surface area (Å²) < 4.78 is 39.6. The first-order chi connectivity index (χ1) is 16.3. The van der Waals surface area contributed by atoms with Crippen LogP contribution in [0.4, 0.5) is 30.6 Å². The first-order valence-electron chi connectivity index (χ1n) is 10.5. The molecule has 0 amide bonds. The Hall–Kier alpha value is -3.93. The van der Waals surface area contributed by atoms with E-state index in [4.69, 9.17) is 5.73 Å². The molecule has 0 aliphatic heterocycles. The van der Waals surface area contributed by atoms with Crippen LogP contribution in [0.25, 0.3) is 22.3 Å². The van der Waals surface area contributed by atoms with E-state index in [-0.39, 0.29) is 23.1 Å². The van der Waals surface area contributed by atoms with Crippen molar-refractivity contribution in [1.82, 2.24) is 30.2 Å². The average Bonchev–Trinajstić information content (AvgIpc) is 3.23. The quantitative estimate of drug-likeness (QED) is 0.245. The SMILES string of the molecule is CNCCNc1ccc(C(C)Nc2ncc(N)c(-c3c[nH]c4ncc(C(F)(F)F)cc34)n2)cn1. The number of H-pyrrole nitrogens is 1. The van der Waals surface area contributed by atoms with Gasteiger partial charge in [0.05, 0.1) is 23.5 Å². The van der Waals surface area contributed by atoms with Gasteiger partial charge in [0.2, 0.25) is 5.95 Å². The Kier molecular flexibility index (Phi) is 6.50. The van der Waals surface area contributed by atoms with Crippen LogP contribution in [0, 0.1) is 0 Å². The van der Waals surface area contributed by atoms with Gasteiger partial charge >= 0.3 is 6.18 Å². The molecule has 34 heavy (non-hydrogen) atoms. The van der Waals surface area contributed by atoms with Crippen molar-refractivity contribution in [2.45, 2.75) is 19.1 Å². The molecule has 0 fully saturated rings. The van der Waals surface area contributed by atoms with E-state index in [9.17, 15) is 13.2 Å². The molecule has 6 N–H and O–H groups in total. The number of nitrogen functional groups attached to an aromatic ring is 1. The van der Waals surface area contributed by atoms with Crippen molar-refractivity contribution < 1.29 is 13.2 Å². The molecule has 0 radical (unpaired) electrons. The fourth-order valence-electron chi connectivity index (χ4n) is 3.39. The summed E-state index contributed by atoms with van der Waals surface area (Å²) in [5.74, 6) is 1.05. The predicted octanol–water partition coefficient (Wildman–Crippen LogP) is 3.82.